The van der Waals surface area contributed by atoms with Gasteiger partial charge in [0.25, 0.3) is 0 Å². The van der Waals surface area contributed by atoms with E-state index in [1.54, 1.807) is 0 Å². The van der Waals surface area contributed by atoms with Crippen molar-refractivity contribution >= 4 is 0 Å². The molecule has 0 bridgehead atoms. The zero-order chi connectivity index (χ0) is 13.2. The number of piperidine rings is 1. The van der Waals surface area contributed by atoms with Gasteiger partial charge >= 0.3 is 0 Å². The lowest BCUT2D eigenvalue weighted by Crippen LogP contribution is -2.48. The van der Waals surface area contributed by atoms with Gasteiger partial charge in [-0.3, -0.25) is 0 Å². The van der Waals surface area contributed by atoms with E-state index in [9.17, 15) is 0 Å². The van der Waals surface area contributed by atoms with Gasteiger partial charge in [0.1, 0.15) is 0 Å². The lowest BCUT2D eigenvalue weighted by atomic mass is 9.69. The third kappa shape index (κ3) is 3.71. The maximum atomic E-state index is 3.57. The van der Waals surface area contributed by atoms with Gasteiger partial charge < -0.3 is 10.2 Å². The summed E-state index contributed by atoms with van der Waals surface area (Å²) in [6, 6.07) is 0.746. The number of nitrogens with zero attached hydrogens (tertiary/aromatic N) is 1. The summed E-state index contributed by atoms with van der Waals surface area (Å²) in [6.07, 6.45) is 6.97. The second-order valence-corrected chi connectivity index (χ2v) is 7.57. The Kier molecular flexibility index (Phi) is 4.71. The standard InChI is InChI=1S/C16H32N2/c1-13-6-5-9-18(11-13)12-14-10-16(2,3)8-7-15(14)17-4/h13-15,17H,5-12H2,1-4H3. The first-order valence-electron chi connectivity index (χ1n) is 7.90. The summed E-state index contributed by atoms with van der Waals surface area (Å²) in [6.45, 7) is 11.3. The molecular weight excluding hydrogens is 220 g/mol. The molecule has 3 unspecified atom stereocenters. The van der Waals surface area contributed by atoms with E-state index in [0.29, 0.717) is 5.41 Å². The van der Waals surface area contributed by atoms with Crippen molar-refractivity contribution in [1.82, 2.24) is 10.2 Å². The minimum Gasteiger partial charge on any atom is -0.317 e. The van der Waals surface area contributed by atoms with E-state index in [2.05, 4.69) is 38.0 Å². The van der Waals surface area contributed by atoms with Gasteiger partial charge in [-0.2, -0.15) is 0 Å². The predicted molar refractivity (Wildman–Crippen MR) is 78.8 cm³/mol. The van der Waals surface area contributed by atoms with Crippen molar-refractivity contribution in [2.45, 2.75) is 58.9 Å². The van der Waals surface area contributed by atoms with Gasteiger partial charge in [-0.25, -0.2) is 0 Å². The molecule has 2 fully saturated rings. The second-order valence-electron chi connectivity index (χ2n) is 7.57. The highest BCUT2D eigenvalue weighted by Gasteiger charge is 2.35. The molecule has 0 aromatic rings. The van der Waals surface area contributed by atoms with Crippen molar-refractivity contribution in [2.24, 2.45) is 17.3 Å². The Morgan fingerprint density at radius 2 is 2.06 bits per heavy atom. The largest absolute Gasteiger partial charge is 0.317 e. The third-order valence-corrected chi connectivity index (χ3v) is 5.12. The molecule has 1 N–H and O–H groups in total. The van der Waals surface area contributed by atoms with Crippen LogP contribution in [0.4, 0.5) is 0 Å². The van der Waals surface area contributed by atoms with Gasteiger partial charge in [0.2, 0.25) is 0 Å². The topological polar surface area (TPSA) is 15.3 Å². The van der Waals surface area contributed by atoms with Crippen LogP contribution in [-0.2, 0) is 0 Å². The van der Waals surface area contributed by atoms with E-state index in [0.717, 1.165) is 17.9 Å². The molecule has 2 rings (SSSR count). The molecule has 0 aromatic heterocycles. The van der Waals surface area contributed by atoms with Crippen LogP contribution in [-0.4, -0.2) is 37.6 Å². The quantitative estimate of drug-likeness (QED) is 0.830. The van der Waals surface area contributed by atoms with Gasteiger partial charge in [-0.15, -0.1) is 0 Å². The molecular formula is C16H32N2. The maximum absolute atomic E-state index is 3.57. The van der Waals surface area contributed by atoms with Crippen LogP contribution in [0, 0.1) is 17.3 Å². The molecule has 1 aliphatic heterocycles. The van der Waals surface area contributed by atoms with Gasteiger partial charge in [-0.1, -0.05) is 20.8 Å². The Hall–Kier alpha value is -0.0800. The summed E-state index contributed by atoms with van der Waals surface area (Å²) in [4.78, 5) is 2.73. The number of hydrogen-bond acceptors (Lipinski definition) is 2. The summed E-state index contributed by atoms with van der Waals surface area (Å²) in [5.74, 6) is 1.76. The fourth-order valence-electron chi connectivity index (χ4n) is 4.09. The molecule has 1 heterocycles. The average Bonchev–Trinajstić information content (AvgIpc) is 2.28. The molecule has 1 saturated carbocycles. The Morgan fingerprint density at radius 1 is 1.28 bits per heavy atom. The summed E-state index contributed by atoms with van der Waals surface area (Å²) in [5.41, 5.74) is 0.555. The van der Waals surface area contributed by atoms with Crippen LogP contribution < -0.4 is 5.32 Å². The van der Waals surface area contributed by atoms with Crippen LogP contribution in [0.5, 0.6) is 0 Å². The van der Waals surface area contributed by atoms with Crippen LogP contribution in [0.2, 0.25) is 0 Å². The van der Waals surface area contributed by atoms with Crippen molar-refractivity contribution < 1.29 is 0 Å². The van der Waals surface area contributed by atoms with Gasteiger partial charge in [0.05, 0.1) is 0 Å². The SMILES string of the molecule is CNC1CCC(C)(C)CC1CN1CCCC(C)C1. The molecule has 0 amide bonds. The number of nitrogens with one attached hydrogen (secondary N) is 1. The second kappa shape index (κ2) is 5.92. The lowest BCUT2D eigenvalue weighted by Gasteiger charge is -2.44. The smallest absolute Gasteiger partial charge is 0.0105 e. The molecule has 0 spiro atoms. The molecule has 1 aliphatic carbocycles. The molecule has 2 nitrogen and oxygen atoms in total. The van der Waals surface area contributed by atoms with Crippen LogP contribution >= 0.6 is 0 Å². The van der Waals surface area contributed by atoms with Crippen LogP contribution in [0.25, 0.3) is 0 Å². The Balaban J connectivity index is 1.91. The average molecular weight is 252 g/mol. The lowest BCUT2D eigenvalue weighted by molar-refractivity contribution is 0.0842. The summed E-state index contributed by atoms with van der Waals surface area (Å²) < 4.78 is 0. The van der Waals surface area contributed by atoms with E-state index < -0.39 is 0 Å². The summed E-state index contributed by atoms with van der Waals surface area (Å²) in [7, 11) is 2.15. The zero-order valence-electron chi connectivity index (χ0n) is 12.8. The van der Waals surface area contributed by atoms with Crippen molar-refractivity contribution in [3.63, 3.8) is 0 Å². The fourth-order valence-corrected chi connectivity index (χ4v) is 4.09. The minimum absolute atomic E-state index is 0.555. The maximum Gasteiger partial charge on any atom is 0.0105 e. The van der Waals surface area contributed by atoms with Gasteiger partial charge in [0, 0.05) is 19.1 Å². The summed E-state index contributed by atoms with van der Waals surface area (Å²) >= 11 is 0. The third-order valence-electron chi connectivity index (χ3n) is 5.12. The van der Waals surface area contributed by atoms with Crippen LogP contribution in [0.3, 0.4) is 0 Å². The first kappa shape index (κ1) is 14.3. The van der Waals surface area contributed by atoms with E-state index in [1.165, 1.54) is 51.7 Å². The highest BCUT2D eigenvalue weighted by atomic mass is 15.1. The highest BCUT2D eigenvalue weighted by Crippen LogP contribution is 2.39. The normalized spacial score (nSPS) is 37.7. The summed E-state index contributed by atoms with van der Waals surface area (Å²) in [5, 5.41) is 3.57. The Morgan fingerprint density at radius 3 is 2.72 bits per heavy atom. The van der Waals surface area contributed by atoms with Gasteiger partial charge in [0.15, 0.2) is 0 Å². The highest BCUT2D eigenvalue weighted by molar-refractivity contribution is 4.90. The Labute approximate surface area is 114 Å². The van der Waals surface area contributed by atoms with E-state index in [-0.39, 0.29) is 0 Å². The zero-order valence-corrected chi connectivity index (χ0v) is 12.8. The number of hydrogen-bond donors (Lipinski definition) is 1. The molecule has 106 valence electrons. The van der Waals surface area contributed by atoms with Crippen molar-refractivity contribution in [3.05, 3.63) is 0 Å². The minimum atomic E-state index is 0.555. The first-order valence-corrected chi connectivity index (χ1v) is 7.90. The fraction of sp³-hybridized carbons (Fsp3) is 1.00. The van der Waals surface area contributed by atoms with Crippen molar-refractivity contribution in [2.75, 3.05) is 26.7 Å². The molecule has 2 aliphatic rings. The number of rotatable bonds is 3. The predicted octanol–water partition coefficient (Wildman–Crippen LogP) is 3.13. The van der Waals surface area contributed by atoms with Crippen LogP contribution in [0.15, 0.2) is 0 Å². The van der Waals surface area contributed by atoms with E-state index in [1.807, 2.05) is 0 Å². The monoisotopic (exact) mass is 252 g/mol. The van der Waals surface area contributed by atoms with Crippen LogP contribution in [0.1, 0.15) is 52.9 Å². The van der Waals surface area contributed by atoms with E-state index in [4.69, 9.17) is 0 Å². The van der Waals surface area contributed by atoms with Gasteiger partial charge in [-0.05, 0) is 62.9 Å². The molecule has 0 aromatic carbocycles. The molecule has 18 heavy (non-hydrogen) atoms. The molecule has 2 heteroatoms. The van der Waals surface area contributed by atoms with Crippen molar-refractivity contribution in [3.8, 4) is 0 Å². The van der Waals surface area contributed by atoms with E-state index >= 15 is 0 Å². The first-order chi connectivity index (χ1) is 8.50. The number of likely N-dealkylation sites (tertiary alicyclic amines) is 1. The molecule has 0 radical (unpaired) electrons. The van der Waals surface area contributed by atoms with Crippen molar-refractivity contribution in [1.29, 1.82) is 0 Å². The Bertz CT molecular complexity index is 262. The molecule has 1 saturated heterocycles. The molecule has 3 atom stereocenters.